The lowest BCUT2D eigenvalue weighted by Crippen LogP contribution is -2.43. The summed E-state index contributed by atoms with van der Waals surface area (Å²) >= 11 is 1.53. The number of carbonyl (C=O) groups is 1. The van der Waals surface area contributed by atoms with Crippen LogP contribution in [0.2, 0.25) is 0 Å². The summed E-state index contributed by atoms with van der Waals surface area (Å²) < 4.78 is 10.6. The van der Waals surface area contributed by atoms with Crippen LogP contribution < -0.4 is 20.1 Å². The van der Waals surface area contributed by atoms with Crippen molar-refractivity contribution >= 4 is 17.2 Å². The molecule has 0 radical (unpaired) electrons. The summed E-state index contributed by atoms with van der Waals surface area (Å²) in [5, 5.41) is 9.20. The Kier molecular flexibility index (Phi) is 5.88. The van der Waals surface area contributed by atoms with Gasteiger partial charge in [-0.1, -0.05) is 0 Å². The van der Waals surface area contributed by atoms with Crippen molar-refractivity contribution in [3.63, 3.8) is 0 Å². The van der Waals surface area contributed by atoms with E-state index in [-0.39, 0.29) is 11.9 Å². The van der Waals surface area contributed by atoms with Crippen LogP contribution in [-0.4, -0.2) is 44.2 Å². The highest BCUT2D eigenvalue weighted by Crippen LogP contribution is 2.33. The Hall–Kier alpha value is -2.12. The van der Waals surface area contributed by atoms with Gasteiger partial charge < -0.3 is 20.1 Å². The van der Waals surface area contributed by atoms with Crippen molar-refractivity contribution in [1.82, 2.24) is 15.6 Å². The van der Waals surface area contributed by atoms with Crippen molar-refractivity contribution in [2.45, 2.75) is 25.3 Å². The zero-order valence-electron chi connectivity index (χ0n) is 14.5. The summed E-state index contributed by atoms with van der Waals surface area (Å²) in [6.45, 7) is 1.93. The SMILES string of the molecule is COc1ccc(-c2nc(CC(=O)NC3CCNCC3)cs2)cc1OC. The van der Waals surface area contributed by atoms with Gasteiger partial charge in [-0.15, -0.1) is 11.3 Å². The van der Waals surface area contributed by atoms with Crippen LogP contribution in [0.4, 0.5) is 0 Å². The van der Waals surface area contributed by atoms with Crippen LogP contribution in [0.1, 0.15) is 18.5 Å². The number of nitrogens with zero attached hydrogens (tertiary/aromatic N) is 1. The molecule has 1 aliphatic heterocycles. The minimum Gasteiger partial charge on any atom is -0.493 e. The molecular weight excluding hydrogens is 338 g/mol. The molecule has 6 nitrogen and oxygen atoms in total. The molecule has 0 saturated carbocycles. The lowest BCUT2D eigenvalue weighted by Gasteiger charge is -2.23. The van der Waals surface area contributed by atoms with E-state index in [2.05, 4.69) is 15.6 Å². The second-order valence-corrected chi connectivity index (χ2v) is 6.84. The van der Waals surface area contributed by atoms with E-state index in [4.69, 9.17) is 9.47 Å². The van der Waals surface area contributed by atoms with E-state index in [1.165, 1.54) is 11.3 Å². The smallest absolute Gasteiger partial charge is 0.226 e. The molecule has 25 heavy (non-hydrogen) atoms. The highest BCUT2D eigenvalue weighted by molar-refractivity contribution is 7.13. The minimum atomic E-state index is 0.0380. The summed E-state index contributed by atoms with van der Waals surface area (Å²) in [5.74, 6) is 1.39. The fourth-order valence-electron chi connectivity index (χ4n) is 2.90. The lowest BCUT2D eigenvalue weighted by atomic mass is 10.1. The van der Waals surface area contributed by atoms with E-state index in [1.54, 1.807) is 14.2 Å². The first-order valence-corrected chi connectivity index (χ1v) is 9.24. The Morgan fingerprint density at radius 2 is 2.04 bits per heavy atom. The highest BCUT2D eigenvalue weighted by atomic mass is 32.1. The average molecular weight is 361 g/mol. The van der Waals surface area contributed by atoms with Gasteiger partial charge in [0.2, 0.25) is 5.91 Å². The van der Waals surface area contributed by atoms with Crippen molar-refractivity contribution < 1.29 is 14.3 Å². The molecule has 0 bridgehead atoms. The number of hydrogen-bond acceptors (Lipinski definition) is 6. The number of hydrogen-bond donors (Lipinski definition) is 2. The first-order valence-electron chi connectivity index (χ1n) is 8.36. The van der Waals surface area contributed by atoms with E-state index in [0.717, 1.165) is 42.2 Å². The molecule has 1 fully saturated rings. The molecule has 3 rings (SSSR count). The summed E-state index contributed by atoms with van der Waals surface area (Å²) in [6, 6.07) is 5.98. The van der Waals surface area contributed by atoms with Gasteiger partial charge in [-0.05, 0) is 44.1 Å². The number of nitrogens with one attached hydrogen (secondary N) is 2. The predicted molar refractivity (Wildman–Crippen MR) is 98.4 cm³/mol. The maximum Gasteiger partial charge on any atom is 0.226 e. The second-order valence-electron chi connectivity index (χ2n) is 5.98. The molecule has 2 aromatic rings. The molecule has 2 N–H and O–H groups in total. The van der Waals surface area contributed by atoms with E-state index >= 15 is 0 Å². The summed E-state index contributed by atoms with van der Waals surface area (Å²) in [7, 11) is 3.22. The fraction of sp³-hybridized carbons (Fsp3) is 0.444. The van der Waals surface area contributed by atoms with Gasteiger partial charge in [0.1, 0.15) is 5.01 Å². The third kappa shape index (κ3) is 4.49. The van der Waals surface area contributed by atoms with Gasteiger partial charge in [-0.3, -0.25) is 4.79 Å². The van der Waals surface area contributed by atoms with Crippen LogP contribution in [0.25, 0.3) is 10.6 Å². The minimum absolute atomic E-state index is 0.0380. The number of benzene rings is 1. The summed E-state index contributed by atoms with van der Waals surface area (Å²) in [4.78, 5) is 16.8. The zero-order chi connectivity index (χ0) is 17.6. The van der Waals surface area contributed by atoms with Gasteiger partial charge in [-0.25, -0.2) is 4.98 Å². The van der Waals surface area contributed by atoms with Gasteiger partial charge in [0.05, 0.1) is 26.3 Å². The van der Waals surface area contributed by atoms with Crippen LogP contribution in [0.15, 0.2) is 23.6 Å². The molecule has 1 aromatic heterocycles. The molecule has 0 spiro atoms. The van der Waals surface area contributed by atoms with Gasteiger partial charge in [0.15, 0.2) is 11.5 Å². The van der Waals surface area contributed by atoms with Crippen molar-refractivity contribution in [1.29, 1.82) is 0 Å². The van der Waals surface area contributed by atoms with Crippen molar-refractivity contribution in [2.75, 3.05) is 27.3 Å². The normalized spacial score (nSPS) is 15.0. The van der Waals surface area contributed by atoms with Gasteiger partial charge in [0.25, 0.3) is 0 Å². The maximum absolute atomic E-state index is 12.2. The number of methoxy groups -OCH3 is 2. The fourth-order valence-corrected chi connectivity index (χ4v) is 3.72. The quantitative estimate of drug-likeness (QED) is 0.826. The lowest BCUT2D eigenvalue weighted by molar-refractivity contribution is -0.121. The van der Waals surface area contributed by atoms with Crippen LogP contribution in [0.3, 0.4) is 0 Å². The van der Waals surface area contributed by atoms with Crippen LogP contribution in [-0.2, 0) is 11.2 Å². The zero-order valence-corrected chi connectivity index (χ0v) is 15.3. The number of ether oxygens (including phenoxy) is 2. The molecule has 0 aliphatic carbocycles. The highest BCUT2D eigenvalue weighted by Gasteiger charge is 2.17. The maximum atomic E-state index is 12.2. The van der Waals surface area contributed by atoms with E-state index in [1.807, 2.05) is 23.6 Å². The molecule has 2 heterocycles. The molecule has 0 unspecified atom stereocenters. The largest absolute Gasteiger partial charge is 0.493 e. The molecular formula is C18H23N3O3S. The Balaban J connectivity index is 1.64. The Bertz CT molecular complexity index is 726. The van der Waals surface area contributed by atoms with E-state index in [0.29, 0.717) is 17.9 Å². The molecule has 1 amide bonds. The number of aromatic nitrogens is 1. The monoisotopic (exact) mass is 361 g/mol. The predicted octanol–water partition coefficient (Wildman–Crippen LogP) is 2.24. The average Bonchev–Trinajstić information content (AvgIpc) is 3.10. The molecule has 134 valence electrons. The van der Waals surface area contributed by atoms with Crippen molar-refractivity contribution in [3.05, 3.63) is 29.3 Å². The molecule has 7 heteroatoms. The van der Waals surface area contributed by atoms with Crippen molar-refractivity contribution in [3.8, 4) is 22.1 Å². The van der Waals surface area contributed by atoms with Crippen LogP contribution >= 0.6 is 11.3 Å². The number of rotatable bonds is 6. The van der Waals surface area contributed by atoms with E-state index in [9.17, 15) is 4.79 Å². The number of piperidine rings is 1. The molecule has 1 saturated heterocycles. The number of amides is 1. The van der Waals surface area contributed by atoms with Crippen LogP contribution in [0.5, 0.6) is 11.5 Å². The van der Waals surface area contributed by atoms with Gasteiger partial charge in [-0.2, -0.15) is 0 Å². The topological polar surface area (TPSA) is 72.5 Å². The van der Waals surface area contributed by atoms with Crippen molar-refractivity contribution in [2.24, 2.45) is 0 Å². The number of carbonyl (C=O) groups excluding carboxylic acids is 1. The summed E-state index contributed by atoms with van der Waals surface area (Å²) in [6.07, 6.45) is 2.28. The van der Waals surface area contributed by atoms with Gasteiger partial charge in [0, 0.05) is 17.0 Å². The summed E-state index contributed by atoms with van der Waals surface area (Å²) in [5.41, 5.74) is 1.74. The Labute approximate surface area is 151 Å². The Morgan fingerprint density at radius 3 is 2.76 bits per heavy atom. The molecule has 0 atom stereocenters. The first-order chi connectivity index (χ1) is 12.2. The van der Waals surface area contributed by atoms with Crippen LogP contribution in [0, 0.1) is 0 Å². The Morgan fingerprint density at radius 1 is 1.28 bits per heavy atom. The van der Waals surface area contributed by atoms with E-state index < -0.39 is 0 Å². The molecule has 1 aliphatic rings. The van der Waals surface area contributed by atoms with Gasteiger partial charge >= 0.3 is 0 Å². The molecule has 1 aromatic carbocycles. The second kappa shape index (κ2) is 8.31. The standard InChI is InChI=1S/C18H23N3O3S/c1-23-15-4-3-12(9-16(15)24-2)18-21-14(11-25-18)10-17(22)20-13-5-7-19-8-6-13/h3-4,9,11,13,19H,5-8,10H2,1-2H3,(H,20,22). The third-order valence-electron chi connectivity index (χ3n) is 4.23. The number of thiazole rings is 1. The first kappa shape index (κ1) is 17.7. The third-order valence-corrected chi connectivity index (χ3v) is 5.17.